The largest absolute Gasteiger partial charge is 0.270 e. The molecule has 0 aliphatic heterocycles. The van der Waals surface area contributed by atoms with E-state index in [0.717, 1.165) is 9.87 Å². The highest BCUT2D eigenvalue weighted by molar-refractivity contribution is 7.89. The minimum absolute atomic E-state index is 0.0366. The van der Waals surface area contributed by atoms with Crippen molar-refractivity contribution in [2.24, 2.45) is 0 Å². The van der Waals surface area contributed by atoms with Crippen LogP contribution in [0.25, 0.3) is 11.4 Å². The van der Waals surface area contributed by atoms with Crippen LogP contribution in [-0.4, -0.2) is 46.5 Å². The van der Waals surface area contributed by atoms with Crippen LogP contribution in [0, 0.1) is 10.1 Å². The second-order valence-corrected chi connectivity index (χ2v) is 8.16. The first-order valence-corrected chi connectivity index (χ1v) is 9.37. The summed E-state index contributed by atoms with van der Waals surface area (Å²) in [7, 11) is -0.564. The van der Waals surface area contributed by atoms with E-state index in [1.165, 1.54) is 38.6 Å². The molecule has 0 saturated carbocycles. The fourth-order valence-corrected chi connectivity index (χ4v) is 3.44. The van der Waals surface area contributed by atoms with Crippen LogP contribution in [0.4, 0.5) is 5.69 Å². The Hall–Kier alpha value is -3.11. The molecule has 0 spiro atoms. The van der Waals surface area contributed by atoms with Crippen LogP contribution in [0.3, 0.4) is 0 Å². The highest BCUT2D eigenvalue weighted by atomic mass is 32.2. The lowest BCUT2D eigenvalue weighted by molar-refractivity contribution is -0.384. The molecule has 0 bridgehead atoms. The molecule has 0 saturated heterocycles. The van der Waals surface area contributed by atoms with Gasteiger partial charge < -0.3 is 0 Å². The summed E-state index contributed by atoms with van der Waals surface area (Å²) in [6.45, 7) is 0.318. The van der Waals surface area contributed by atoms with E-state index in [1.54, 1.807) is 35.0 Å². The fraction of sp³-hybridized carbons (Fsp3) is 0.176. The molecule has 0 aliphatic carbocycles. The van der Waals surface area contributed by atoms with E-state index in [4.69, 9.17) is 0 Å². The van der Waals surface area contributed by atoms with Gasteiger partial charge in [0.2, 0.25) is 10.0 Å². The van der Waals surface area contributed by atoms with Crippen LogP contribution in [0.1, 0.15) is 5.56 Å². The summed E-state index contributed by atoms with van der Waals surface area (Å²) in [4.78, 5) is 14.8. The Morgan fingerprint density at radius 3 is 2.59 bits per heavy atom. The third-order valence-corrected chi connectivity index (χ3v) is 5.68. The third kappa shape index (κ3) is 4.01. The average molecular weight is 387 g/mol. The van der Waals surface area contributed by atoms with Crippen molar-refractivity contribution in [1.82, 2.24) is 19.1 Å². The van der Waals surface area contributed by atoms with E-state index in [0.29, 0.717) is 17.9 Å². The molecule has 0 fully saturated rings. The molecule has 27 heavy (non-hydrogen) atoms. The Bertz CT molecular complexity index is 1090. The number of aromatic nitrogens is 3. The molecule has 0 atom stereocenters. The highest BCUT2D eigenvalue weighted by Crippen LogP contribution is 2.21. The second-order valence-electron chi connectivity index (χ2n) is 6.01. The van der Waals surface area contributed by atoms with Gasteiger partial charge in [-0.2, -0.15) is 5.10 Å². The average Bonchev–Trinajstić information content (AvgIpc) is 3.10. The number of non-ortho nitro benzene ring substituents is 1. The zero-order chi connectivity index (χ0) is 19.6. The molecule has 0 amide bonds. The zero-order valence-corrected chi connectivity index (χ0v) is 15.5. The van der Waals surface area contributed by atoms with Crippen molar-refractivity contribution in [3.05, 3.63) is 70.5 Å². The van der Waals surface area contributed by atoms with Gasteiger partial charge in [0, 0.05) is 31.8 Å². The number of rotatable bonds is 6. The van der Waals surface area contributed by atoms with Crippen LogP contribution in [0.15, 0.2) is 59.8 Å². The summed E-state index contributed by atoms with van der Waals surface area (Å²) < 4.78 is 27.2. The molecule has 1 aromatic heterocycles. The molecule has 1 heterocycles. The number of benzene rings is 2. The summed E-state index contributed by atoms with van der Waals surface area (Å²) in [5.74, 6) is 0.357. The molecule has 0 N–H and O–H groups in total. The smallest absolute Gasteiger partial charge is 0.258 e. The van der Waals surface area contributed by atoms with E-state index in [9.17, 15) is 18.5 Å². The molecule has 9 nitrogen and oxygen atoms in total. The van der Waals surface area contributed by atoms with Gasteiger partial charge in [-0.25, -0.2) is 22.4 Å². The summed E-state index contributed by atoms with van der Waals surface area (Å²) in [6.07, 6.45) is 1.50. The number of nitrogens with zero attached hydrogens (tertiary/aromatic N) is 5. The van der Waals surface area contributed by atoms with E-state index in [2.05, 4.69) is 10.1 Å². The van der Waals surface area contributed by atoms with Gasteiger partial charge in [-0.3, -0.25) is 10.1 Å². The molecule has 10 heteroatoms. The van der Waals surface area contributed by atoms with Crippen molar-refractivity contribution in [3.8, 4) is 11.4 Å². The maximum Gasteiger partial charge on any atom is 0.270 e. The number of nitro benzene ring substituents is 1. The van der Waals surface area contributed by atoms with Crippen molar-refractivity contribution in [2.45, 2.75) is 11.4 Å². The lowest BCUT2D eigenvalue weighted by Gasteiger charge is -2.12. The molecule has 3 aromatic rings. The topological polar surface area (TPSA) is 111 Å². The van der Waals surface area contributed by atoms with E-state index in [-0.39, 0.29) is 10.6 Å². The predicted octanol–water partition coefficient (Wildman–Crippen LogP) is 2.15. The van der Waals surface area contributed by atoms with Crippen LogP contribution in [0.5, 0.6) is 0 Å². The monoisotopic (exact) mass is 387 g/mol. The Labute approximate surface area is 156 Å². The minimum atomic E-state index is -3.52. The van der Waals surface area contributed by atoms with Gasteiger partial charge in [0.15, 0.2) is 5.82 Å². The lowest BCUT2D eigenvalue weighted by atomic mass is 10.2. The van der Waals surface area contributed by atoms with Crippen LogP contribution in [0.2, 0.25) is 0 Å². The maximum absolute atomic E-state index is 12.2. The quantitative estimate of drug-likeness (QED) is 0.473. The molecular weight excluding hydrogens is 370 g/mol. The second kappa shape index (κ2) is 7.25. The van der Waals surface area contributed by atoms with Gasteiger partial charge in [0.25, 0.3) is 5.69 Å². The SMILES string of the molecule is CN(C)S(=O)(=O)c1cccc(Cn2cnc(-c3cccc([N+](=O)[O-])c3)n2)c1. The van der Waals surface area contributed by atoms with Gasteiger partial charge in [0.05, 0.1) is 16.4 Å². The first-order chi connectivity index (χ1) is 12.8. The minimum Gasteiger partial charge on any atom is -0.258 e. The van der Waals surface area contributed by atoms with Gasteiger partial charge in [-0.15, -0.1) is 0 Å². The predicted molar refractivity (Wildman–Crippen MR) is 98.5 cm³/mol. The third-order valence-electron chi connectivity index (χ3n) is 3.87. The number of nitro groups is 1. The maximum atomic E-state index is 12.2. The van der Waals surface area contributed by atoms with Crippen LogP contribution < -0.4 is 0 Å². The normalized spacial score (nSPS) is 11.7. The van der Waals surface area contributed by atoms with E-state index < -0.39 is 14.9 Å². The summed E-state index contributed by atoms with van der Waals surface area (Å²) in [5.41, 5.74) is 1.24. The summed E-state index contributed by atoms with van der Waals surface area (Å²) in [6, 6.07) is 12.7. The first-order valence-electron chi connectivity index (χ1n) is 7.93. The molecule has 0 unspecified atom stereocenters. The summed E-state index contributed by atoms with van der Waals surface area (Å²) >= 11 is 0. The number of hydrogen-bond acceptors (Lipinski definition) is 6. The van der Waals surface area contributed by atoms with Crippen molar-refractivity contribution in [2.75, 3.05) is 14.1 Å². The molecule has 3 rings (SSSR count). The van der Waals surface area contributed by atoms with Crippen LogP contribution in [-0.2, 0) is 16.6 Å². The Morgan fingerprint density at radius 2 is 1.89 bits per heavy atom. The van der Waals surface area contributed by atoms with Gasteiger partial charge in [-0.1, -0.05) is 24.3 Å². The molecule has 0 radical (unpaired) electrons. The van der Waals surface area contributed by atoms with E-state index in [1.807, 2.05) is 0 Å². The Balaban J connectivity index is 1.85. The fourth-order valence-electron chi connectivity index (χ4n) is 2.46. The first kappa shape index (κ1) is 18.7. The number of sulfonamides is 1. The Kier molecular flexibility index (Phi) is 5.02. The Morgan fingerprint density at radius 1 is 1.15 bits per heavy atom. The number of hydrogen-bond donors (Lipinski definition) is 0. The molecule has 0 aliphatic rings. The van der Waals surface area contributed by atoms with Crippen molar-refractivity contribution in [3.63, 3.8) is 0 Å². The van der Waals surface area contributed by atoms with Crippen LogP contribution >= 0.6 is 0 Å². The summed E-state index contributed by atoms with van der Waals surface area (Å²) in [5, 5.41) is 15.2. The lowest BCUT2D eigenvalue weighted by Crippen LogP contribution is -2.22. The van der Waals surface area contributed by atoms with Gasteiger partial charge >= 0.3 is 0 Å². The van der Waals surface area contributed by atoms with Crippen molar-refractivity contribution >= 4 is 15.7 Å². The highest BCUT2D eigenvalue weighted by Gasteiger charge is 2.17. The van der Waals surface area contributed by atoms with Gasteiger partial charge in [-0.05, 0) is 17.7 Å². The zero-order valence-electron chi connectivity index (χ0n) is 14.7. The molecule has 2 aromatic carbocycles. The van der Waals surface area contributed by atoms with Crippen molar-refractivity contribution in [1.29, 1.82) is 0 Å². The van der Waals surface area contributed by atoms with Crippen molar-refractivity contribution < 1.29 is 13.3 Å². The molecular formula is C17H17N5O4S. The molecule has 140 valence electrons. The standard InChI is InChI=1S/C17H17N5O4S/c1-20(2)27(25,26)16-8-3-5-13(9-16)11-21-12-18-17(19-21)14-6-4-7-15(10-14)22(23)24/h3-10,12H,11H2,1-2H3. The van der Waals surface area contributed by atoms with E-state index >= 15 is 0 Å². The van der Waals surface area contributed by atoms with Gasteiger partial charge in [0.1, 0.15) is 6.33 Å².